The number of hydrogen-bond donors (Lipinski definition) is 2. The standard InChI is InChI=1S/C18H37N3O2S.HI/c1-5-19-17(21-13-15-24(22)18(2,3)4)20-12-9-14-23-16-10-7-6-8-11-16;/h16H,5-15H2,1-4H3,(H2,19,20,21);1H. The molecule has 1 aliphatic carbocycles. The maximum Gasteiger partial charge on any atom is 0.191 e. The van der Waals surface area contributed by atoms with Gasteiger partial charge >= 0.3 is 0 Å². The Bertz CT molecular complexity index is 394. The van der Waals surface area contributed by atoms with E-state index in [2.05, 4.69) is 22.5 Å². The molecule has 7 heteroatoms. The van der Waals surface area contributed by atoms with Gasteiger partial charge in [0.25, 0.3) is 0 Å². The largest absolute Gasteiger partial charge is 0.378 e. The normalized spacial score (nSPS) is 17.7. The van der Waals surface area contributed by atoms with Crippen LogP contribution in [-0.2, 0) is 15.5 Å². The average Bonchev–Trinajstić information content (AvgIpc) is 2.54. The van der Waals surface area contributed by atoms with Crippen LogP contribution < -0.4 is 10.6 Å². The number of nitrogens with zero attached hydrogens (tertiary/aromatic N) is 1. The van der Waals surface area contributed by atoms with Crippen LogP contribution in [-0.4, -0.2) is 53.0 Å². The second-order valence-electron chi connectivity index (χ2n) is 7.33. The molecule has 0 saturated heterocycles. The number of hydrogen-bond acceptors (Lipinski definition) is 3. The van der Waals surface area contributed by atoms with Crippen LogP contribution in [0.1, 0.15) is 66.2 Å². The van der Waals surface area contributed by atoms with E-state index in [1.165, 1.54) is 32.1 Å². The van der Waals surface area contributed by atoms with Gasteiger partial charge in [0.1, 0.15) is 0 Å². The summed E-state index contributed by atoms with van der Waals surface area (Å²) in [6, 6.07) is 0. The lowest BCUT2D eigenvalue weighted by atomic mass is 9.98. The number of aliphatic imine (C=N–C) groups is 1. The molecule has 0 bridgehead atoms. The van der Waals surface area contributed by atoms with Crippen molar-refractivity contribution in [1.29, 1.82) is 0 Å². The van der Waals surface area contributed by atoms with Crippen molar-refractivity contribution in [3.05, 3.63) is 0 Å². The second kappa shape index (κ2) is 14.2. The molecule has 0 amide bonds. The molecule has 1 rings (SSSR count). The number of rotatable bonds is 9. The van der Waals surface area contributed by atoms with Crippen molar-refractivity contribution in [2.75, 3.05) is 32.0 Å². The monoisotopic (exact) mass is 487 g/mol. The molecule has 0 heterocycles. The maximum absolute atomic E-state index is 12.0. The van der Waals surface area contributed by atoms with Crippen molar-refractivity contribution in [1.82, 2.24) is 10.6 Å². The van der Waals surface area contributed by atoms with E-state index in [0.29, 0.717) is 18.4 Å². The van der Waals surface area contributed by atoms with Crippen molar-refractivity contribution < 1.29 is 8.95 Å². The fourth-order valence-electron chi connectivity index (χ4n) is 2.65. The molecule has 0 spiro atoms. The zero-order valence-corrected chi connectivity index (χ0v) is 19.6. The van der Waals surface area contributed by atoms with Crippen LogP contribution in [0.4, 0.5) is 0 Å². The Morgan fingerprint density at radius 3 is 2.48 bits per heavy atom. The molecule has 25 heavy (non-hydrogen) atoms. The first-order valence-electron chi connectivity index (χ1n) is 9.45. The quantitative estimate of drug-likeness (QED) is 0.226. The summed E-state index contributed by atoms with van der Waals surface area (Å²) < 4.78 is 17.8. The summed E-state index contributed by atoms with van der Waals surface area (Å²) in [6.07, 6.45) is 7.85. The number of halogens is 1. The van der Waals surface area contributed by atoms with Gasteiger partial charge in [-0.3, -0.25) is 9.20 Å². The van der Waals surface area contributed by atoms with E-state index in [-0.39, 0.29) is 28.7 Å². The Hall–Kier alpha value is 0.110. The molecule has 0 aromatic heterocycles. The Kier molecular flexibility index (Phi) is 14.3. The third kappa shape index (κ3) is 12.2. The Morgan fingerprint density at radius 2 is 1.88 bits per heavy atom. The van der Waals surface area contributed by atoms with Crippen LogP contribution >= 0.6 is 24.0 Å². The van der Waals surface area contributed by atoms with E-state index in [4.69, 9.17) is 4.74 Å². The molecule has 0 aromatic rings. The highest BCUT2D eigenvalue weighted by atomic mass is 127. The molecule has 1 saturated carbocycles. The minimum atomic E-state index is -0.835. The van der Waals surface area contributed by atoms with E-state index in [0.717, 1.165) is 32.1 Å². The van der Waals surface area contributed by atoms with Gasteiger partial charge in [0.15, 0.2) is 5.96 Å². The number of ether oxygens (including phenoxy) is 1. The first kappa shape index (κ1) is 25.1. The van der Waals surface area contributed by atoms with Gasteiger partial charge in [-0.2, -0.15) is 0 Å². The van der Waals surface area contributed by atoms with Crippen molar-refractivity contribution in [3.63, 3.8) is 0 Å². The van der Waals surface area contributed by atoms with Crippen LogP contribution in [0.2, 0.25) is 0 Å². The van der Waals surface area contributed by atoms with Gasteiger partial charge in [-0.05, 0) is 47.0 Å². The summed E-state index contributed by atoms with van der Waals surface area (Å²) in [5, 5.41) is 6.50. The summed E-state index contributed by atoms with van der Waals surface area (Å²) in [4.78, 5) is 4.57. The summed E-state index contributed by atoms with van der Waals surface area (Å²) in [5.41, 5.74) is 0. The smallest absolute Gasteiger partial charge is 0.191 e. The highest BCUT2D eigenvalue weighted by Gasteiger charge is 2.18. The lowest BCUT2D eigenvalue weighted by Crippen LogP contribution is -2.40. The molecule has 1 aliphatic rings. The molecular weight excluding hydrogens is 449 g/mol. The third-order valence-corrected chi connectivity index (χ3v) is 6.03. The van der Waals surface area contributed by atoms with Crippen LogP contribution in [0.3, 0.4) is 0 Å². The lowest BCUT2D eigenvalue weighted by Gasteiger charge is -2.21. The second-order valence-corrected chi connectivity index (χ2v) is 9.66. The van der Waals surface area contributed by atoms with Crippen LogP contribution in [0.5, 0.6) is 0 Å². The predicted molar refractivity (Wildman–Crippen MR) is 120 cm³/mol. The van der Waals surface area contributed by atoms with Gasteiger partial charge < -0.3 is 15.4 Å². The zero-order valence-electron chi connectivity index (χ0n) is 16.4. The maximum atomic E-state index is 12.0. The number of guanidine groups is 1. The molecular formula is C18H38IN3O2S. The molecule has 1 atom stereocenters. The highest BCUT2D eigenvalue weighted by Crippen LogP contribution is 2.20. The van der Waals surface area contributed by atoms with Gasteiger partial charge in [0.05, 0.1) is 6.10 Å². The average molecular weight is 487 g/mol. The molecule has 2 N–H and O–H groups in total. The van der Waals surface area contributed by atoms with E-state index < -0.39 is 10.8 Å². The molecule has 1 fully saturated rings. The molecule has 0 aliphatic heterocycles. The fraction of sp³-hybridized carbons (Fsp3) is 0.944. The third-order valence-electron chi connectivity index (χ3n) is 4.09. The summed E-state index contributed by atoms with van der Waals surface area (Å²) in [6.45, 7) is 11.1. The molecule has 0 radical (unpaired) electrons. The van der Waals surface area contributed by atoms with Crippen molar-refractivity contribution in [2.24, 2.45) is 4.99 Å². The Labute approximate surface area is 174 Å². The topological polar surface area (TPSA) is 62.7 Å². The van der Waals surface area contributed by atoms with Crippen LogP contribution in [0.15, 0.2) is 4.99 Å². The minimum absolute atomic E-state index is 0. The first-order chi connectivity index (χ1) is 11.4. The van der Waals surface area contributed by atoms with E-state index >= 15 is 0 Å². The van der Waals surface area contributed by atoms with Gasteiger partial charge in [0, 0.05) is 47.5 Å². The number of nitrogens with one attached hydrogen (secondary N) is 2. The van der Waals surface area contributed by atoms with E-state index in [1.54, 1.807) is 0 Å². The van der Waals surface area contributed by atoms with Crippen molar-refractivity contribution >= 4 is 40.7 Å². The Balaban J connectivity index is 0.00000576. The van der Waals surface area contributed by atoms with Crippen molar-refractivity contribution in [2.45, 2.75) is 77.1 Å². The molecule has 1 unspecified atom stereocenters. The van der Waals surface area contributed by atoms with E-state index in [9.17, 15) is 4.21 Å². The van der Waals surface area contributed by atoms with Gasteiger partial charge in [0.2, 0.25) is 0 Å². The van der Waals surface area contributed by atoms with Crippen LogP contribution in [0, 0.1) is 0 Å². The van der Waals surface area contributed by atoms with Gasteiger partial charge in [-0.25, -0.2) is 0 Å². The van der Waals surface area contributed by atoms with Crippen LogP contribution in [0.25, 0.3) is 0 Å². The lowest BCUT2D eigenvalue weighted by molar-refractivity contribution is 0.0281. The zero-order chi connectivity index (χ0) is 17.8. The van der Waals surface area contributed by atoms with E-state index in [1.807, 2.05) is 20.8 Å². The summed E-state index contributed by atoms with van der Waals surface area (Å²) in [7, 11) is -0.835. The first-order valence-corrected chi connectivity index (χ1v) is 10.8. The highest BCUT2D eigenvalue weighted by molar-refractivity contribution is 14.0. The Morgan fingerprint density at radius 1 is 1.20 bits per heavy atom. The fourth-order valence-corrected chi connectivity index (χ4v) is 3.55. The van der Waals surface area contributed by atoms with Gasteiger partial charge in [-0.1, -0.05) is 19.3 Å². The van der Waals surface area contributed by atoms with Gasteiger partial charge in [-0.15, -0.1) is 24.0 Å². The molecule has 150 valence electrons. The summed E-state index contributed by atoms with van der Waals surface area (Å²) in [5.74, 6) is 1.44. The molecule has 5 nitrogen and oxygen atoms in total. The predicted octanol–water partition coefficient (Wildman–Crippen LogP) is 3.45. The SMILES string of the molecule is CCNC(=NCCCOC1CCCCC1)NCCS(=O)C(C)(C)C.I. The van der Waals surface area contributed by atoms with Crippen molar-refractivity contribution in [3.8, 4) is 0 Å². The molecule has 0 aromatic carbocycles. The minimum Gasteiger partial charge on any atom is -0.378 e. The summed E-state index contributed by atoms with van der Waals surface area (Å²) >= 11 is 0.